The molecule has 0 saturated carbocycles. The molecular weight excluding hydrogens is 386 g/mol. The second kappa shape index (κ2) is 7.83. The molecule has 2 aromatic carbocycles. The summed E-state index contributed by atoms with van der Waals surface area (Å²) < 4.78 is 12.9. The van der Waals surface area contributed by atoms with Crippen molar-refractivity contribution in [3.63, 3.8) is 0 Å². The molecule has 1 N–H and O–H groups in total. The van der Waals surface area contributed by atoms with Crippen molar-refractivity contribution >= 4 is 23.5 Å². The Morgan fingerprint density at radius 2 is 1.86 bits per heavy atom. The number of anilines is 1. The van der Waals surface area contributed by atoms with Crippen molar-refractivity contribution in [3.8, 4) is 17.2 Å². The lowest BCUT2D eigenvalue weighted by Gasteiger charge is -2.20. The van der Waals surface area contributed by atoms with Gasteiger partial charge in [-0.05, 0) is 44.2 Å². The Hall–Kier alpha value is -2.93. The average Bonchev–Trinajstić information content (AvgIpc) is 3.00. The smallest absolute Gasteiger partial charge is 0.238 e. The summed E-state index contributed by atoms with van der Waals surface area (Å²) in [4.78, 5) is 12.8. The van der Waals surface area contributed by atoms with Gasteiger partial charge in [-0.15, -0.1) is 11.8 Å². The van der Waals surface area contributed by atoms with Crippen molar-refractivity contribution in [2.45, 2.75) is 24.3 Å². The van der Waals surface area contributed by atoms with E-state index < -0.39 is 0 Å². The van der Waals surface area contributed by atoms with E-state index in [1.54, 1.807) is 30.7 Å². The van der Waals surface area contributed by atoms with E-state index in [0.717, 1.165) is 34.0 Å². The molecule has 1 amide bonds. The highest BCUT2D eigenvalue weighted by Gasteiger charge is 2.35. The van der Waals surface area contributed by atoms with E-state index in [1.165, 1.54) is 0 Å². The summed E-state index contributed by atoms with van der Waals surface area (Å²) in [6.07, 6.45) is 0. The molecule has 0 unspecified atom stereocenters. The van der Waals surface area contributed by atoms with E-state index in [0.29, 0.717) is 5.82 Å². The molecule has 1 aliphatic rings. The van der Waals surface area contributed by atoms with Crippen LogP contribution in [0.1, 0.15) is 29.0 Å². The first-order valence-electron chi connectivity index (χ1n) is 9.36. The molecule has 150 valence electrons. The highest BCUT2D eigenvalue weighted by atomic mass is 32.2. The number of amides is 1. The molecule has 1 aromatic heterocycles. The number of ether oxygens (including phenoxy) is 2. The maximum absolute atomic E-state index is 12.8. The second-order valence-corrected chi connectivity index (χ2v) is 8.30. The number of hydrogen-bond donors (Lipinski definition) is 1. The zero-order valence-electron chi connectivity index (χ0n) is 16.8. The fourth-order valence-corrected chi connectivity index (χ4v) is 4.89. The summed E-state index contributed by atoms with van der Waals surface area (Å²) in [5.41, 5.74) is 3.69. The minimum absolute atomic E-state index is 0.0438. The van der Waals surface area contributed by atoms with Gasteiger partial charge in [-0.2, -0.15) is 5.10 Å². The molecule has 2 atom stereocenters. The number of nitrogens with one attached hydrogen (secondary N) is 1. The largest absolute Gasteiger partial charge is 0.497 e. The summed E-state index contributed by atoms with van der Waals surface area (Å²) in [5, 5.41) is 7.47. The molecule has 6 nitrogen and oxygen atoms in total. The van der Waals surface area contributed by atoms with Crippen LogP contribution < -0.4 is 14.8 Å². The van der Waals surface area contributed by atoms with E-state index in [1.807, 2.05) is 62.4 Å². The molecule has 0 aliphatic carbocycles. The van der Waals surface area contributed by atoms with Crippen molar-refractivity contribution in [1.82, 2.24) is 9.78 Å². The van der Waals surface area contributed by atoms with Gasteiger partial charge < -0.3 is 14.8 Å². The number of benzene rings is 2. The van der Waals surface area contributed by atoms with Gasteiger partial charge in [-0.3, -0.25) is 4.79 Å². The summed E-state index contributed by atoms with van der Waals surface area (Å²) in [6, 6.07) is 15.6. The van der Waals surface area contributed by atoms with E-state index in [-0.39, 0.29) is 16.4 Å². The summed E-state index contributed by atoms with van der Waals surface area (Å²) in [6.45, 7) is 3.89. The summed E-state index contributed by atoms with van der Waals surface area (Å²) >= 11 is 1.58. The third kappa shape index (κ3) is 3.46. The van der Waals surface area contributed by atoms with Crippen molar-refractivity contribution in [1.29, 1.82) is 0 Å². The molecule has 2 heterocycles. The van der Waals surface area contributed by atoms with E-state index in [9.17, 15) is 4.79 Å². The number of methoxy groups -OCH3 is 2. The number of aromatic nitrogens is 2. The number of para-hydroxylation sites is 1. The van der Waals surface area contributed by atoms with E-state index in [2.05, 4.69) is 5.32 Å². The first-order chi connectivity index (χ1) is 14.0. The molecular formula is C22H23N3O3S. The Bertz CT molecular complexity index is 1050. The Morgan fingerprint density at radius 1 is 1.10 bits per heavy atom. The third-order valence-corrected chi connectivity index (χ3v) is 6.42. The predicted octanol–water partition coefficient (Wildman–Crippen LogP) is 4.36. The Kier molecular flexibility index (Phi) is 5.24. The van der Waals surface area contributed by atoms with Crippen LogP contribution in [0.5, 0.6) is 11.5 Å². The molecule has 0 fully saturated rings. The fourth-order valence-electron chi connectivity index (χ4n) is 3.55. The minimum Gasteiger partial charge on any atom is -0.497 e. The van der Waals surface area contributed by atoms with Gasteiger partial charge in [0.1, 0.15) is 17.3 Å². The topological polar surface area (TPSA) is 65.4 Å². The average molecular weight is 410 g/mol. The van der Waals surface area contributed by atoms with Gasteiger partial charge in [0.05, 0.1) is 36.1 Å². The molecule has 1 aliphatic heterocycles. The van der Waals surface area contributed by atoms with Gasteiger partial charge in [0, 0.05) is 11.1 Å². The van der Waals surface area contributed by atoms with Gasteiger partial charge >= 0.3 is 0 Å². The molecule has 7 heteroatoms. The van der Waals surface area contributed by atoms with Gasteiger partial charge in [-0.1, -0.05) is 18.2 Å². The van der Waals surface area contributed by atoms with Gasteiger partial charge in [0.15, 0.2) is 0 Å². The highest BCUT2D eigenvalue weighted by Crippen LogP contribution is 2.49. The van der Waals surface area contributed by atoms with Gasteiger partial charge in [-0.25, -0.2) is 4.68 Å². The Balaban J connectivity index is 1.94. The number of carbonyl (C=O) groups excluding carboxylic acids is 1. The molecule has 0 bridgehead atoms. The van der Waals surface area contributed by atoms with Crippen molar-refractivity contribution in [2.24, 2.45) is 0 Å². The highest BCUT2D eigenvalue weighted by molar-refractivity contribution is 8.01. The second-order valence-electron chi connectivity index (χ2n) is 6.85. The Labute approximate surface area is 174 Å². The van der Waals surface area contributed by atoms with Crippen LogP contribution in [0.3, 0.4) is 0 Å². The lowest BCUT2D eigenvalue weighted by atomic mass is 10.0. The predicted molar refractivity (Wildman–Crippen MR) is 115 cm³/mol. The van der Waals surface area contributed by atoms with Crippen LogP contribution in [-0.2, 0) is 4.79 Å². The zero-order valence-corrected chi connectivity index (χ0v) is 17.6. The first kappa shape index (κ1) is 19.4. The molecule has 4 rings (SSSR count). The van der Waals surface area contributed by atoms with Crippen LogP contribution in [0, 0.1) is 6.92 Å². The van der Waals surface area contributed by atoms with Crippen LogP contribution in [-0.4, -0.2) is 35.2 Å². The normalized spacial score (nSPS) is 18.6. The standard InChI is InChI=1S/C22H23N3O3S/c1-13-19-20(17-12-16(27-3)10-11-18(17)28-4)29-14(2)22(26)23-21(19)25(24-13)15-8-6-5-7-9-15/h5-12,14,20H,1-4H3,(H,23,26)/t14-,20+/m0/s1. The number of aryl methyl sites for hydroxylation is 1. The third-order valence-electron chi connectivity index (χ3n) is 5.04. The number of hydrogen-bond acceptors (Lipinski definition) is 5. The number of nitrogens with zero attached hydrogens (tertiary/aromatic N) is 2. The van der Waals surface area contributed by atoms with Crippen LogP contribution in [0.25, 0.3) is 5.69 Å². The monoisotopic (exact) mass is 409 g/mol. The van der Waals surface area contributed by atoms with Crippen LogP contribution >= 0.6 is 11.8 Å². The fraction of sp³-hybridized carbons (Fsp3) is 0.273. The zero-order chi connectivity index (χ0) is 20.5. The maximum atomic E-state index is 12.8. The number of carbonyl (C=O) groups is 1. The van der Waals surface area contributed by atoms with Gasteiger partial charge in [0.25, 0.3) is 0 Å². The van der Waals surface area contributed by atoms with Crippen LogP contribution in [0.15, 0.2) is 48.5 Å². The van der Waals surface area contributed by atoms with E-state index >= 15 is 0 Å². The minimum atomic E-state index is -0.244. The molecule has 3 aromatic rings. The van der Waals surface area contributed by atoms with Crippen LogP contribution in [0.2, 0.25) is 0 Å². The molecule has 0 saturated heterocycles. The molecule has 0 spiro atoms. The van der Waals surface area contributed by atoms with E-state index in [4.69, 9.17) is 14.6 Å². The van der Waals surface area contributed by atoms with Crippen LogP contribution in [0.4, 0.5) is 5.82 Å². The maximum Gasteiger partial charge on any atom is 0.238 e. The number of fused-ring (bicyclic) bond motifs is 1. The SMILES string of the molecule is COc1ccc(OC)c([C@H]2S[C@@H](C)C(=O)Nc3c2c(C)nn3-c2ccccc2)c1. The lowest BCUT2D eigenvalue weighted by Crippen LogP contribution is -2.22. The Morgan fingerprint density at radius 3 is 2.55 bits per heavy atom. The number of rotatable bonds is 4. The van der Waals surface area contributed by atoms with Gasteiger partial charge in [0.2, 0.25) is 5.91 Å². The summed E-state index contributed by atoms with van der Waals surface area (Å²) in [7, 11) is 3.30. The van der Waals surface area contributed by atoms with Crippen molar-refractivity contribution in [3.05, 3.63) is 65.4 Å². The summed E-state index contributed by atoms with van der Waals surface area (Å²) in [5.74, 6) is 2.15. The lowest BCUT2D eigenvalue weighted by molar-refractivity contribution is -0.115. The van der Waals surface area contributed by atoms with Crippen molar-refractivity contribution < 1.29 is 14.3 Å². The molecule has 29 heavy (non-hydrogen) atoms. The first-order valence-corrected chi connectivity index (χ1v) is 10.3. The van der Waals surface area contributed by atoms with Crippen molar-refractivity contribution in [2.75, 3.05) is 19.5 Å². The number of thioether (sulfide) groups is 1. The quantitative estimate of drug-likeness (QED) is 0.694. The molecule has 0 radical (unpaired) electrons.